The number of hydrogen-bond acceptors (Lipinski definition) is 6. The molecule has 104 valence electrons. The Labute approximate surface area is 106 Å². The summed E-state index contributed by atoms with van der Waals surface area (Å²) in [7, 11) is -3.23. The molecule has 1 atom stereocenters. The largest absolute Gasteiger partial charge is 0.444 e. The van der Waals surface area contributed by atoms with E-state index in [4.69, 9.17) is 9.94 Å². The summed E-state index contributed by atoms with van der Waals surface area (Å²) in [5.74, 6) is -0.392. The molecule has 0 aromatic heterocycles. The van der Waals surface area contributed by atoms with E-state index in [0.717, 1.165) is 0 Å². The Morgan fingerprint density at radius 3 is 2.61 bits per heavy atom. The van der Waals surface area contributed by atoms with Gasteiger partial charge in [-0.3, -0.25) is 0 Å². The molecular weight excluding hydrogens is 260 g/mol. The first-order valence-corrected chi connectivity index (χ1v) is 7.36. The van der Waals surface area contributed by atoms with Crippen molar-refractivity contribution in [2.75, 3.05) is 11.5 Å². The number of amides is 1. The summed E-state index contributed by atoms with van der Waals surface area (Å²) in [6, 6.07) is -0.603. The molecule has 18 heavy (non-hydrogen) atoms. The fourth-order valence-corrected chi connectivity index (χ4v) is 3.01. The van der Waals surface area contributed by atoms with Gasteiger partial charge in [0.1, 0.15) is 5.60 Å². The molecule has 0 radical (unpaired) electrons. The first-order chi connectivity index (χ1) is 8.13. The molecule has 8 heteroatoms. The molecule has 0 aromatic rings. The highest BCUT2D eigenvalue weighted by atomic mass is 32.2. The molecule has 0 saturated carbocycles. The van der Waals surface area contributed by atoms with Crippen LogP contribution >= 0.6 is 0 Å². The normalized spacial score (nSPS) is 25.7. The van der Waals surface area contributed by atoms with Crippen molar-refractivity contribution in [2.24, 2.45) is 5.16 Å². The number of nitrogens with one attached hydrogen (secondary N) is 1. The van der Waals surface area contributed by atoms with Gasteiger partial charge in [0.25, 0.3) is 0 Å². The van der Waals surface area contributed by atoms with Gasteiger partial charge in [0.05, 0.1) is 23.3 Å². The van der Waals surface area contributed by atoms with Gasteiger partial charge in [-0.05, 0) is 27.2 Å². The summed E-state index contributed by atoms with van der Waals surface area (Å²) in [6.45, 7) is 5.16. The van der Waals surface area contributed by atoms with Gasteiger partial charge < -0.3 is 15.3 Å². The number of carbonyl (C=O) groups is 1. The van der Waals surface area contributed by atoms with Crippen molar-refractivity contribution in [1.82, 2.24) is 5.32 Å². The standard InChI is InChI=1S/C10H18N2O5S/c1-10(2,3)17-9(13)11-7-4-5-18(15,16)6-8(7)12-14/h7,14H,4-6H2,1-3H3,(H,11,13). The minimum Gasteiger partial charge on any atom is -0.444 e. The third-order valence-corrected chi connectivity index (χ3v) is 3.90. The zero-order chi connectivity index (χ0) is 14.0. The van der Waals surface area contributed by atoms with E-state index in [1.807, 2.05) is 0 Å². The predicted molar refractivity (Wildman–Crippen MR) is 65.7 cm³/mol. The minimum atomic E-state index is -3.23. The topological polar surface area (TPSA) is 105 Å². The molecule has 1 unspecified atom stereocenters. The molecule has 0 bridgehead atoms. The van der Waals surface area contributed by atoms with E-state index < -0.39 is 27.6 Å². The lowest BCUT2D eigenvalue weighted by Gasteiger charge is -2.26. The quantitative estimate of drug-likeness (QED) is 0.537. The fraction of sp³-hybridized carbons (Fsp3) is 0.800. The van der Waals surface area contributed by atoms with Gasteiger partial charge in [-0.2, -0.15) is 0 Å². The van der Waals surface area contributed by atoms with Crippen molar-refractivity contribution < 1.29 is 23.2 Å². The zero-order valence-corrected chi connectivity index (χ0v) is 11.5. The maximum atomic E-state index is 11.5. The Kier molecular flexibility index (Phi) is 4.20. The van der Waals surface area contributed by atoms with Crippen LogP contribution in [0.4, 0.5) is 4.79 Å². The molecule has 7 nitrogen and oxygen atoms in total. The van der Waals surface area contributed by atoms with E-state index in [1.165, 1.54) is 0 Å². The summed E-state index contributed by atoms with van der Waals surface area (Å²) in [5.41, 5.74) is -0.603. The molecule has 1 saturated heterocycles. The first kappa shape index (κ1) is 14.7. The zero-order valence-electron chi connectivity index (χ0n) is 10.6. The molecule has 2 N–H and O–H groups in total. The molecule has 1 aliphatic rings. The average Bonchev–Trinajstić information content (AvgIpc) is 2.17. The van der Waals surface area contributed by atoms with Crippen LogP contribution in [0.3, 0.4) is 0 Å². The van der Waals surface area contributed by atoms with Crippen LogP contribution in [0.15, 0.2) is 5.16 Å². The van der Waals surface area contributed by atoms with Crippen LogP contribution in [0.5, 0.6) is 0 Å². The molecule has 1 heterocycles. The van der Waals surface area contributed by atoms with E-state index in [2.05, 4.69) is 10.5 Å². The highest BCUT2D eigenvalue weighted by molar-refractivity contribution is 7.92. The predicted octanol–water partition coefficient (Wildman–Crippen LogP) is 0.528. The Hall–Kier alpha value is -1.31. The van der Waals surface area contributed by atoms with E-state index >= 15 is 0 Å². The number of nitrogens with zero attached hydrogens (tertiary/aromatic N) is 1. The number of sulfone groups is 1. The molecule has 0 aromatic carbocycles. The van der Waals surface area contributed by atoms with Crippen LogP contribution in [0.1, 0.15) is 27.2 Å². The number of alkyl carbamates (subject to hydrolysis) is 1. The average molecular weight is 278 g/mol. The number of hydrogen-bond donors (Lipinski definition) is 2. The Balaban J connectivity index is 2.65. The van der Waals surface area contributed by atoms with E-state index in [9.17, 15) is 13.2 Å². The lowest BCUT2D eigenvalue weighted by Crippen LogP contribution is -2.49. The second-order valence-corrected chi connectivity index (χ2v) is 7.35. The van der Waals surface area contributed by atoms with Crippen LogP contribution < -0.4 is 5.32 Å². The molecule has 1 fully saturated rings. The summed E-state index contributed by atoms with van der Waals surface area (Å²) < 4.78 is 27.7. The van der Waals surface area contributed by atoms with Crippen molar-refractivity contribution in [2.45, 2.75) is 38.8 Å². The molecular formula is C10H18N2O5S. The third-order valence-electron chi connectivity index (χ3n) is 2.31. The monoisotopic (exact) mass is 278 g/mol. The maximum absolute atomic E-state index is 11.5. The van der Waals surface area contributed by atoms with Gasteiger partial charge in [0.2, 0.25) is 0 Å². The van der Waals surface area contributed by atoms with Crippen molar-refractivity contribution >= 4 is 21.6 Å². The van der Waals surface area contributed by atoms with Gasteiger partial charge >= 0.3 is 6.09 Å². The molecule has 0 aliphatic carbocycles. The van der Waals surface area contributed by atoms with Gasteiger partial charge in [-0.25, -0.2) is 13.2 Å². The van der Waals surface area contributed by atoms with Crippen molar-refractivity contribution in [3.8, 4) is 0 Å². The lowest BCUT2D eigenvalue weighted by molar-refractivity contribution is 0.0516. The Bertz CT molecular complexity index is 449. The number of carbonyl (C=O) groups excluding carboxylic acids is 1. The molecule has 1 aliphatic heterocycles. The molecule has 0 spiro atoms. The SMILES string of the molecule is CC(C)(C)OC(=O)NC1CCS(=O)(=O)CC1=NO. The summed E-state index contributed by atoms with van der Waals surface area (Å²) in [4.78, 5) is 11.5. The Morgan fingerprint density at radius 1 is 1.50 bits per heavy atom. The van der Waals surface area contributed by atoms with Crippen LogP contribution in [0.25, 0.3) is 0 Å². The lowest BCUT2D eigenvalue weighted by atomic mass is 10.1. The first-order valence-electron chi connectivity index (χ1n) is 5.54. The smallest absolute Gasteiger partial charge is 0.408 e. The van der Waals surface area contributed by atoms with Crippen molar-refractivity contribution in [1.29, 1.82) is 0 Å². The Morgan fingerprint density at radius 2 is 2.11 bits per heavy atom. The number of ether oxygens (including phenoxy) is 1. The van der Waals surface area contributed by atoms with E-state index in [-0.39, 0.29) is 23.6 Å². The fourth-order valence-electron chi connectivity index (χ4n) is 1.57. The second kappa shape index (κ2) is 5.13. The summed E-state index contributed by atoms with van der Waals surface area (Å²) in [5, 5.41) is 14.2. The number of rotatable bonds is 1. The van der Waals surface area contributed by atoms with Crippen LogP contribution in [-0.2, 0) is 14.6 Å². The van der Waals surface area contributed by atoms with Crippen molar-refractivity contribution in [3.63, 3.8) is 0 Å². The van der Waals surface area contributed by atoms with Crippen LogP contribution in [-0.4, -0.2) is 48.6 Å². The van der Waals surface area contributed by atoms with Gasteiger partial charge in [-0.15, -0.1) is 0 Å². The van der Waals surface area contributed by atoms with E-state index in [0.29, 0.717) is 0 Å². The van der Waals surface area contributed by atoms with Gasteiger partial charge in [0, 0.05) is 0 Å². The van der Waals surface area contributed by atoms with Gasteiger partial charge in [-0.1, -0.05) is 5.16 Å². The maximum Gasteiger partial charge on any atom is 0.408 e. The highest BCUT2D eigenvalue weighted by Gasteiger charge is 2.32. The van der Waals surface area contributed by atoms with Crippen LogP contribution in [0, 0.1) is 0 Å². The molecule has 1 rings (SSSR count). The summed E-state index contributed by atoms with van der Waals surface area (Å²) in [6.07, 6.45) is -0.478. The third kappa shape index (κ3) is 4.52. The van der Waals surface area contributed by atoms with Crippen molar-refractivity contribution in [3.05, 3.63) is 0 Å². The minimum absolute atomic E-state index is 0.0344. The van der Waals surface area contributed by atoms with Crippen LogP contribution in [0.2, 0.25) is 0 Å². The second-order valence-electron chi connectivity index (χ2n) is 5.17. The number of oxime groups is 1. The van der Waals surface area contributed by atoms with Gasteiger partial charge in [0.15, 0.2) is 9.84 Å². The van der Waals surface area contributed by atoms with E-state index in [1.54, 1.807) is 20.8 Å². The molecule has 1 amide bonds. The summed E-state index contributed by atoms with van der Waals surface area (Å²) >= 11 is 0. The highest BCUT2D eigenvalue weighted by Crippen LogP contribution is 2.12.